The summed E-state index contributed by atoms with van der Waals surface area (Å²) in [4.78, 5) is 11.4. The van der Waals surface area contributed by atoms with Crippen molar-refractivity contribution in [3.8, 4) is 0 Å². The Kier molecular flexibility index (Phi) is 3.26. The standard InChI is InChI=1S/C10H13Cl3O/c1-4-10(8(13)14)6(5-7(11)12)9(10,2)3/h5-6H,4H2,1-3H3. The largest absolute Gasteiger partial charge is 0.281 e. The molecule has 2 unspecified atom stereocenters. The molecule has 0 saturated heterocycles. The molecule has 1 fully saturated rings. The van der Waals surface area contributed by atoms with Crippen molar-refractivity contribution >= 4 is 40.0 Å². The van der Waals surface area contributed by atoms with E-state index in [2.05, 4.69) is 0 Å². The molecule has 0 radical (unpaired) electrons. The van der Waals surface area contributed by atoms with Crippen molar-refractivity contribution in [2.45, 2.75) is 27.2 Å². The maximum absolute atomic E-state index is 11.4. The summed E-state index contributed by atoms with van der Waals surface area (Å²) in [5, 5.41) is -0.291. The molecule has 0 heterocycles. The summed E-state index contributed by atoms with van der Waals surface area (Å²) in [6.07, 6.45) is 2.43. The minimum absolute atomic E-state index is 0.0509. The van der Waals surface area contributed by atoms with Gasteiger partial charge in [-0.2, -0.15) is 0 Å². The molecular formula is C10H13Cl3O. The van der Waals surface area contributed by atoms with Crippen LogP contribution in [0.4, 0.5) is 0 Å². The second-order valence-corrected chi connectivity index (χ2v) is 5.61. The SMILES string of the molecule is CCC1(C(=O)Cl)C(C=C(Cl)Cl)C1(C)C. The van der Waals surface area contributed by atoms with Gasteiger partial charge in [-0.25, -0.2) is 0 Å². The van der Waals surface area contributed by atoms with Crippen molar-refractivity contribution in [3.05, 3.63) is 10.6 Å². The fourth-order valence-corrected chi connectivity index (χ4v) is 3.31. The van der Waals surface area contributed by atoms with E-state index < -0.39 is 5.41 Å². The molecular weight excluding hydrogens is 242 g/mol. The maximum atomic E-state index is 11.4. The normalized spacial score (nSPS) is 33.7. The fraction of sp³-hybridized carbons (Fsp3) is 0.700. The van der Waals surface area contributed by atoms with E-state index in [-0.39, 0.29) is 21.1 Å². The van der Waals surface area contributed by atoms with E-state index >= 15 is 0 Å². The predicted molar refractivity (Wildman–Crippen MR) is 60.6 cm³/mol. The number of carbonyl (C=O) groups excluding carboxylic acids is 1. The van der Waals surface area contributed by atoms with Crippen LogP contribution in [0.15, 0.2) is 10.6 Å². The van der Waals surface area contributed by atoms with Crippen LogP contribution < -0.4 is 0 Å². The van der Waals surface area contributed by atoms with Crippen LogP contribution in [0.25, 0.3) is 0 Å². The van der Waals surface area contributed by atoms with Crippen molar-refractivity contribution in [2.75, 3.05) is 0 Å². The third-order valence-corrected chi connectivity index (χ3v) is 4.17. The van der Waals surface area contributed by atoms with E-state index in [1.165, 1.54) is 0 Å². The summed E-state index contributed by atoms with van der Waals surface area (Å²) in [6, 6.07) is 0. The average molecular weight is 256 g/mol. The van der Waals surface area contributed by atoms with E-state index in [4.69, 9.17) is 34.8 Å². The lowest BCUT2D eigenvalue weighted by Crippen LogP contribution is -2.15. The van der Waals surface area contributed by atoms with Gasteiger partial charge < -0.3 is 0 Å². The average Bonchev–Trinajstić information content (AvgIpc) is 2.48. The van der Waals surface area contributed by atoms with Crippen LogP contribution in [0, 0.1) is 16.7 Å². The van der Waals surface area contributed by atoms with Crippen molar-refractivity contribution in [1.82, 2.24) is 0 Å². The first-order chi connectivity index (χ1) is 6.30. The molecule has 2 atom stereocenters. The molecule has 4 heteroatoms. The van der Waals surface area contributed by atoms with Crippen molar-refractivity contribution in [2.24, 2.45) is 16.7 Å². The van der Waals surface area contributed by atoms with Gasteiger partial charge in [-0.15, -0.1) is 0 Å². The fourth-order valence-electron chi connectivity index (χ4n) is 2.56. The smallest absolute Gasteiger partial charge is 0.228 e. The molecule has 0 N–H and O–H groups in total. The predicted octanol–water partition coefficient (Wildman–Crippen LogP) is 4.12. The Bertz CT molecular complexity index is 292. The van der Waals surface area contributed by atoms with Crippen molar-refractivity contribution in [3.63, 3.8) is 0 Å². The third-order valence-electron chi connectivity index (χ3n) is 3.58. The highest BCUT2D eigenvalue weighted by molar-refractivity contribution is 6.65. The molecule has 0 aromatic carbocycles. The molecule has 1 nitrogen and oxygen atoms in total. The van der Waals surface area contributed by atoms with Gasteiger partial charge in [0, 0.05) is 0 Å². The first kappa shape index (κ1) is 12.4. The lowest BCUT2D eigenvalue weighted by atomic mass is 9.94. The second kappa shape index (κ2) is 3.70. The summed E-state index contributed by atoms with van der Waals surface area (Å²) in [7, 11) is 0. The first-order valence-corrected chi connectivity index (χ1v) is 5.66. The highest BCUT2D eigenvalue weighted by Gasteiger charge is 2.72. The number of allylic oxidation sites excluding steroid dienone is 1. The zero-order valence-electron chi connectivity index (χ0n) is 8.40. The summed E-state index contributed by atoms with van der Waals surface area (Å²) < 4.78 is 0.205. The number of halogens is 3. The number of hydrogen-bond acceptors (Lipinski definition) is 1. The molecule has 1 saturated carbocycles. The van der Waals surface area contributed by atoms with Crippen molar-refractivity contribution in [1.29, 1.82) is 0 Å². The molecule has 0 amide bonds. The van der Waals surface area contributed by atoms with Crippen LogP contribution in [0.2, 0.25) is 0 Å². The molecule has 80 valence electrons. The Morgan fingerprint density at radius 1 is 1.36 bits per heavy atom. The van der Waals surface area contributed by atoms with Crippen LogP contribution in [-0.4, -0.2) is 5.24 Å². The summed E-state index contributed by atoms with van der Waals surface area (Å²) in [5.74, 6) is 0.0509. The maximum Gasteiger partial charge on any atom is 0.228 e. The lowest BCUT2D eigenvalue weighted by Gasteiger charge is -2.11. The molecule has 14 heavy (non-hydrogen) atoms. The quantitative estimate of drug-likeness (QED) is 0.693. The molecule has 1 aliphatic carbocycles. The van der Waals surface area contributed by atoms with Crippen LogP contribution >= 0.6 is 34.8 Å². The molecule has 0 bridgehead atoms. The first-order valence-electron chi connectivity index (χ1n) is 4.53. The van der Waals surface area contributed by atoms with Gasteiger partial charge in [-0.05, 0) is 35.4 Å². The van der Waals surface area contributed by atoms with E-state index in [9.17, 15) is 4.79 Å². The monoisotopic (exact) mass is 254 g/mol. The van der Waals surface area contributed by atoms with Gasteiger partial charge in [0.15, 0.2) is 0 Å². The van der Waals surface area contributed by atoms with E-state index in [0.717, 1.165) is 0 Å². The second-order valence-electron chi connectivity index (χ2n) is 4.25. The van der Waals surface area contributed by atoms with Crippen LogP contribution in [0.5, 0.6) is 0 Å². The summed E-state index contributed by atoms with van der Waals surface area (Å²) in [5.41, 5.74) is -0.626. The molecule has 0 spiro atoms. The van der Waals surface area contributed by atoms with Crippen LogP contribution in [-0.2, 0) is 4.79 Å². The molecule has 0 aliphatic heterocycles. The zero-order valence-corrected chi connectivity index (χ0v) is 10.7. The molecule has 1 aliphatic rings. The summed E-state index contributed by atoms with van der Waals surface area (Å²) in [6.45, 7) is 5.97. The zero-order chi connectivity index (χ0) is 11.1. The van der Waals surface area contributed by atoms with E-state index in [0.29, 0.717) is 6.42 Å². The highest BCUT2D eigenvalue weighted by Crippen LogP contribution is 2.72. The van der Waals surface area contributed by atoms with Crippen LogP contribution in [0.3, 0.4) is 0 Å². The highest BCUT2D eigenvalue weighted by atomic mass is 35.5. The van der Waals surface area contributed by atoms with E-state index in [1.807, 2.05) is 20.8 Å². The van der Waals surface area contributed by atoms with Gasteiger partial charge in [0.1, 0.15) is 4.49 Å². The number of rotatable bonds is 3. The Morgan fingerprint density at radius 3 is 2.07 bits per heavy atom. The van der Waals surface area contributed by atoms with Gasteiger partial charge in [-0.3, -0.25) is 4.79 Å². The Labute approximate surface area is 99.4 Å². The third kappa shape index (κ3) is 1.50. The van der Waals surface area contributed by atoms with Gasteiger partial charge >= 0.3 is 0 Å². The number of hydrogen-bond donors (Lipinski definition) is 0. The van der Waals surface area contributed by atoms with Crippen molar-refractivity contribution < 1.29 is 4.79 Å². The van der Waals surface area contributed by atoms with Gasteiger partial charge in [-0.1, -0.05) is 44.0 Å². The van der Waals surface area contributed by atoms with Gasteiger partial charge in [0.05, 0.1) is 5.41 Å². The minimum atomic E-state index is -0.483. The Hall–Kier alpha value is 0.280. The minimum Gasteiger partial charge on any atom is -0.281 e. The Balaban J connectivity index is 3.03. The lowest BCUT2D eigenvalue weighted by molar-refractivity contribution is -0.117. The van der Waals surface area contributed by atoms with Gasteiger partial charge in [0.2, 0.25) is 5.24 Å². The topological polar surface area (TPSA) is 17.1 Å². The van der Waals surface area contributed by atoms with Crippen LogP contribution in [0.1, 0.15) is 27.2 Å². The van der Waals surface area contributed by atoms with E-state index in [1.54, 1.807) is 6.08 Å². The molecule has 0 aromatic rings. The number of carbonyl (C=O) groups is 1. The summed E-state index contributed by atoms with van der Waals surface area (Å²) >= 11 is 16.8. The molecule has 1 rings (SSSR count). The Morgan fingerprint density at radius 2 is 1.86 bits per heavy atom. The van der Waals surface area contributed by atoms with Gasteiger partial charge in [0.25, 0.3) is 0 Å². The molecule has 0 aromatic heterocycles.